The molecule has 7 heteroatoms. The van der Waals surface area contributed by atoms with Gasteiger partial charge in [-0.05, 0) is 42.7 Å². The van der Waals surface area contributed by atoms with Crippen LogP contribution in [0, 0.1) is 5.92 Å². The van der Waals surface area contributed by atoms with Crippen LogP contribution >= 0.6 is 0 Å². The zero-order valence-corrected chi connectivity index (χ0v) is 13.9. The average molecular weight is 340 g/mol. The van der Waals surface area contributed by atoms with Gasteiger partial charge in [0.15, 0.2) is 17.3 Å². The van der Waals surface area contributed by atoms with Crippen molar-refractivity contribution in [2.75, 3.05) is 24.8 Å². The van der Waals surface area contributed by atoms with Crippen LogP contribution in [0.2, 0.25) is 0 Å². The molecule has 0 radical (unpaired) electrons. The van der Waals surface area contributed by atoms with E-state index in [1.165, 1.54) is 0 Å². The number of carbonyl (C=O) groups is 1. The van der Waals surface area contributed by atoms with Crippen LogP contribution in [-0.2, 0) is 11.3 Å². The maximum atomic E-state index is 12.4. The lowest BCUT2D eigenvalue weighted by Gasteiger charge is -2.31. The number of piperidine rings is 1. The molecule has 25 heavy (non-hydrogen) atoms. The third-order valence-corrected chi connectivity index (χ3v) is 4.65. The van der Waals surface area contributed by atoms with Gasteiger partial charge in [0.25, 0.3) is 0 Å². The second kappa shape index (κ2) is 6.96. The van der Waals surface area contributed by atoms with Crippen molar-refractivity contribution in [1.82, 2.24) is 15.5 Å². The minimum Gasteiger partial charge on any atom is -0.454 e. The normalized spacial score (nSPS) is 16.7. The smallest absolute Gasteiger partial charge is 0.231 e. The summed E-state index contributed by atoms with van der Waals surface area (Å²) in [6.45, 7) is 2.40. The Hall–Kier alpha value is -2.83. The van der Waals surface area contributed by atoms with Gasteiger partial charge in [-0.25, -0.2) is 0 Å². The van der Waals surface area contributed by atoms with Crippen molar-refractivity contribution in [1.29, 1.82) is 0 Å². The number of benzene rings is 1. The summed E-state index contributed by atoms with van der Waals surface area (Å²) < 4.78 is 10.7. The van der Waals surface area contributed by atoms with Gasteiger partial charge in [0.1, 0.15) is 0 Å². The van der Waals surface area contributed by atoms with Gasteiger partial charge in [-0.2, -0.15) is 5.10 Å². The van der Waals surface area contributed by atoms with E-state index in [0.717, 1.165) is 48.8 Å². The Balaban J connectivity index is 1.28. The molecular weight excluding hydrogens is 320 g/mol. The van der Waals surface area contributed by atoms with E-state index in [4.69, 9.17) is 9.47 Å². The van der Waals surface area contributed by atoms with Crippen molar-refractivity contribution in [3.05, 3.63) is 42.1 Å². The monoisotopic (exact) mass is 340 g/mol. The molecule has 0 saturated carbocycles. The first-order valence-electron chi connectivity index (χ1n) is 8.48. The molecule has 2 aliphatic heterocycles. The first-order valence-corrected chi connectivity index (χ1v) is 8.48. The first kappa shape index (κ1) is 15.7. The van der Waals surface area contributed by atoms with E-state index in [-0.39, 0.29) is 18.6 Å². The van der Waals surface area contributed by atoms with Crippen molar-refractivity contribution < 1.29 is 14.3 Å². The number of ether oxygens (including phenoxy) is 2. The molecule has 3 heterocycles. The third kappa shape index (κ3) is 3.50. The second-order valence-corrected chi connectivity index (χ2v) is 6.25. The Morgan fingerprint density at radius 2 is 2.04 bits per heavy atom. The molecule has 1 saturated heterocycles. The highest BCUT2D eigenvalue weighted by molar-refractivity contribution is 5.79. The molecule has 7 nitrogen and oxygen atoms in total. The summed E-state index contributed by atoms with van der Waals surface area (Å²) in [5.41, 5.74) is 1.01. The zero-order valence-electron chi connectivity index (χ0n) is 13.9. The zero-order chi connectivity index (χ0) is 17.1. The van der Waals surface area contributed by atoms with Gasteiger partial charge < -0.3 is 19.7 Å². The number of nitrogens with zero attached hydrogens (tertiary/aromatic N) is 3. The predicted octanol–water partition coefficient (Wildman–Crippen LogP) is 1.74. The van der Waals surface area contributed by atoms with Crippen LogP contribution in [0.4, 0.5) is 5.82 Å². The number of amides is 1. The minimum absolute atomic E-state index is 0.0435. The summed E-state index contributed by atoms with van der Waals surface area (Å²) in [5.74, 6) is 2.52. The largest absolute Gasteiger partial charge is 0.454 e. The van der Waals surface area contributed by atoms with Gasteiger partial charge in [-0.1, -0.05) is 6.07 Å². The number of carbonyl (C=O) groups excluding carboxylic acids is 1. The summed E-state index contributed by atoms with van der Waals surface area (Å²) in [5, 5.41) is 11.1. The van der Waals surface area contributed by atoms with E-state index < -0.39 is 0 Å². The van der Waals surface area contributed by atoms with Crippen LogP contribution in [0.1, 0.15) is 18.4 Å². The fourth-order valence-corrected chi connectivity index (χ4v) is 3.22. The lowest BCUT2D eigenvalue weighted by Crippen LogP contribution is -2.40. The topological polar surface area (TPSA) is 76.6 Å². The minimum atomic E-state index is 0.0435. The fraction of sp³-hybridized carbons (Fsp3) is 0.389. The number of anilines is 1. The van der Waals surface area contributed by atoms with Crippen molar-refractivity contribution in [2.45, 2.75) is 19.4 Å². The number of hydrogen-bond acceptors (Lipinski definition) is 6. The van der Waals surface area contributed by atoms with Crippen LogP contribution in [0.5, 0.6) is 11.5 Å². The van der Waals surface area contributed by atoms with Gasteiger partial charge in [0.2, 0.25) is 12.7 Å². The Bertz CT molecular complexity index is 745. The molecule has 1 aromatic carbocycles. The fourth-order valence-electron chi connectivity index (χ4n) is 3.22. The van der Waals surface area contributed by atoms with Gasteiger partial charge in [0.05, 0.1) is 0 Å². The van der Waals surface area contributed by atoms with Gasteiger partial charge in [-0.15, -0.1) is 5.10 Å². The lowest BCUT2D eigenvalue weighted by atomic mass is 9.96. The Kier molecular flexibility index (Phi) is 4.37. The van der Waals surface area contributed by atoms with E-state index in [0.29, 0.717) is 6.54 Å². The van der Waals surface area contributed by atoms with Gasteiger partial charge in [-0.3, -0.25) is 4.79 Å². The van der Waals surface area contributed by atoms with Crippen LogP contribution in [0.25, 0.3) is 0 Å². The summed E-state index contributed by atoms with van der Waals surface area (Å²) in [7, 11) is 0. The standard InChI is InChI=1S/C18H20N4O3/c23-18(19-11-13-3-4-15-16(10-13)25-12-24-15)14-5-8-22(9-6-14)17-2-1-7-20-21-17/h1-4,7,10,14H,5-6,8-9,11-12H2,(H,19,23). The molecule has 0 unspecified atom stereocenters. The SMILES string of the molecule is O=C(NCc1ccc2c(c1)OCO2)C1CCN(c2cccnn2)CC1. The summed E-state index contributed by atoms with van der Waals surface area (Å²) >= 11 is 0. The molecule has 0 aliphatic carbocycles. The van der Waals surface area contributed by atoms with Gasteiger partial charge in [0, 0.05) is 31.7 Å². The molecule has 4 rings (SSSR count). The Morgan fingerprint density at radius 3 is 2.84 bits per heavy atom. The lowest BCUT2D eigenvalue weighted by molar-refractivity contribution is -0.125. The summed E-state index contributed by atoms with van der Waals surface area (Å²) in [6, 6.07) is 9.58. The van der Waals surface area contributed by atoms with E-state index in [1.54, 1.807) is 6.20 Å². The quantitative estimate of drug-likeness (QED) is 0.914. The Labute approximate surface area is 146 Å². The van der Waals surface area contributed by atoms with Crippen LogP contribution in [0.3, 0.4) is 0 Å². The molecule has 1 N–H and O–H groups in total. The number of hydrogen-bond donors (Lipinski definition) is 1. The number of fused-ring (bicyclic) bond motifs is 1. The molecular formula is C18H20N4O3. The third-order valence-electron chi connectivity index (χ3n) is 4.65. The van der Waals surface area contributed by atoms with Crippen molar-refractivity contribution in [2.24, 2.45) is 5.92 Å². The second-order valence-electron chi connectivity index (χ2n) is 6.25. The molecule has 0 spiro atoms. The highest BCUT2D eigenvalue weighted by Crippen LogP contribution is 2.32. The van der Waals surface area contributed by atoms with E-state index in [9.17, 15) is 4.79 Å². The maximum Gasteiger partial charge on any atom is 0.231 e. The predicted molar refractivity (Wildman–Crippen MR) is 91.4 cm³/mol. The average Bonchev–Trinajstić information content (AvgIpc) is 3.15. The van der Waals surface area contributed by atoms with E-state index in [2.05, 4.69) is 20.4 Å². The molecule has 1 aromatic heterocycles. The molecule has 1 amide bonds. The van der Waals surface area contributed by atoms with Crippen molar-refractivity contribution in [3.63, 3.8) is 0 Å². The first-order chi connectivity index (χ1) is 12.3. The number of nitrogens with one attached hydrogen (secondary N) is 1. The molecule has 1 fully saturated rings. The molecule has 2 aliphatic rings. The molecule has 0 bridgehead atoms. The van der Waals surface area contributed by atoms with E-state index >= 15 is 0 Å². The summed E-state index contributed by atoms with van der Waals surface area (Å²) in [4.78, 5) is 14.6. The maximum absolute atomic E-state index is 12.4. The molecule has 0 atom stereocenters. The highest BCUT2D eigenvalue weighted by atomic mass is 16.7. The number of aromatic nitrogens is 2. The van der Waals surface area contributed by atoms with Crippen molar-refractivity contribution in [3.8, 4) is 11.5 Å². The molecule has 130 valence electrons. The number of rotatable bonds is 4. The summed E-state index contributed by atoms with van der Waals surface area (Å²) in [6.07, 6.45) is 3.31. The Morgan fingerprint density at radius 1 is 1.20 bits per heavy atom. The van der Waals surface area contributed by atoms with Crippen molar-refractivity contribution >= 4 is 11.7 Å². The van der Waals surface area contributed by atoms with Gasteiger partial charge >= 0.3 is 0 Å². The van der Waals surface area contributed by atoms with Crippen LogP contribution < -0.4 is 19.7 Å². The van der Waals surface area contributed by atoms with E-state index in [1.807, 2.05) is 30.3 Å². The highest BCUT2D eigenvalue weighted by Gasteiger charge is 2.25. The molecule has 2 aromatic rings. The van der Waals surface area contributed by atoms with Crippen LogP contribution in [-0.4, -0.2) is 36.0 Å². The van der Waals surface area contributed by atoms with Crippen LogP contribution in [0.15, 0.2) is 36.5 Å².